The standard InChI is InChI=1S/C25H26N4O3/c1-14-5-7-20-18(12-14)27-24(32-20)16-8-10-29(11-9-16)22-17-6-4-15(2)13-19(17)28(3)25(31)21(22)23(26)30/h4-7,12-13,16H,8-11H2,1-3H3,(H2,26,30). The van der Waals surface area contributed by atoms with Crippen LogP contribution in [0.25, 0.3) is 22.0 Å². The van der Waals surface area contributed by atoms with Crippen molar-refractivity contribution in [3.05, 3.63) is 69.3 Å². The molecule has 32 heavy (non-hydrogen) atoms. The number of aryl methyl sites for hydroxylation is 3. The summed E-state index contributed by atoms with van der Waals surface area (Å²) < 4.78 is 7.54. The summed E-state index contributed by atoms with van der Waals surface area (Å²) in [7, 11) is 1.68. The number of piperidine rings is 1. The molecule has 0 aliphatic carbocycles. The zero-order chi connectivity index (χ0) is 22.6. The lowest BCUT2D eigenvalue weighted by molar-refractivity contribution is 0.0999. The Morgan fingerprint density at radius 1 is 1.09 bits per heavy atom. The van der Waals surface area contributed by atoms with Gasteiger partial charge in [0.05, 0.1) is 11.2 Å². The Bertz CT molecular complexity index is 1420. The Hall–Kier alpha value is -3.61. The van der Waals surface area contributed by atoms with Crippen LogP contribution in [0.2, 0.25) is 0 Å². The highest BCUT2D eigenvalue weighted by Crippen LogP contribution is 2.36. The summed E-state index contributed by atoms with van der Waals surface area (Å²) in [4.78, 5) is 32.2. The van der Waals surface area contributed by atoms with Gasteiger partial charge >= 0.3 is 0 Å². The zero-order valence-corrected chi connectivity index (χ0v) is 18.5. The molecule has 4 aromatic rings. The Labute approximate surface area is 185 Å². The lowest BCUT2D eigenvalue weighted by atomic mass is 9.95. The molecule has 1 fully saturated rings. The molecule has 2 aromatic heterocycles. The van der Waals surface area contributed by atoms with E-state index in [9.17, 15) is 9.59 Å². The molecule has 2 aromatic carbocycles. The van der Waals surface area contributed by atoms with Crippen molar-refractivity contribution >= 4 is 33.6 Å². The van der Waals surface area contributed by atoms with Crippen molar-refractivity contribution in [2.24, 2.45) is 12.8 Å². The minimum atomic E-state index is -0.695. The van der Waals surface area contributed by atoms with Gasteiger partial charge in [-0.3, -0.25) is 9.59 Å². The summed E-state index contributed by atoms with van der Waals surface area (Å²) >= 11 is 0. The maximum Gasteiger partial charge on any atom is 0.265 e. The normalized spacial score (nSPS) is 15.0. The molecule has 2 N–H and O–H groups in total. The molecule has 1 aliphatic rings. The fraction of sp³-hybridized carbons (Fsp3) is 0.320. The first kappa shape index (κ1) is 20.3. The minimum Gasteiger partial charge on any atom is -0.440 e. The fourth-order valence-corrected chi connectivity index (χ4v) is 4.76. The van der Waals surface area contributed by atoms with Gasteiger partial charge in [0.2, 0.25) is 0 Å². The van der Waals surface area contributed by atoms with Crippen LogP contribution in [-0.4, -0.2) is 28.5 Å². The number of pyridine rings is 1. The summed E-state index contributed by atoms with van der Waals surface area (Å²) in [5.41, 5.74) is 10.7. The minimum absolute atomic E-state index is 0.0552. The molecule has 0 atom stereocenters. The third kappa shape index (κ3) is 3.25. The van der Waals surface area contributed by atoms with E-state index in [4.69, 9.17) is 15.1 Å². The van der Waals surface area contributed by atoms with Gasteiger partial charge in [0.25, 0.3) is 11.5 Å². The highest BCUT2D eigenvalue weighted by Gasteiger charge is 2.29. The first-order valence-corrected chi connectivity index (χ1v) is 10.9. The summed E-state index contributed by atoms with van der Waals surface area (Å²) in [6.07, 6.45) is 1.62. The number of primary amides is 1. The van der Waals surface area contributed by atoms with Crippen molar-refractivity contribution in [3.63, 3.8) is 0 Å². The van der Waals surface area contributed by atoms with E-state index in [0.29, 0.717) is 18.8 Å². The number of amides is 1. The van der Waals surface area contributed by atoms with Crippen LogP contribution in [0.15, 0.2) is 45.6 Å². The Balaban J connectivity index is 1.51. The molecule has 3 heterocycles. The van der Waals surface area contributed by atoms with Crippen LogP contribution in [-0.2, 0) is 7.05 Å². The molecule has 5 rings (SSSR count). The van der Waals surface area contributed by atoms with Gasteiger partial charge in [0, 0.05) is 31.4 Å². The number of carbonyl (C=O) groups is 1. The number of hydrogen-bond acceptors (Lipinski definition) is 5. The highest BCUT2D eigenvalue weighted by atomic mass is 16.3. The Kier molecular flexibility index (Phi) is 4.77. The van der Waals surface area contributed by atoms with Crippen LogP contribution >= 0.6 is 0 Å². The third-order valence-corrected chi connectivity index (χ3v) is 6.49. The van der Waals surface area contributed by atoms with E-state index in [1.54, 1.807) is 7.05 Å². The molecule has 0 saturated carbocycles. The van der Waals surface area contributed by atoms with Gasteiger partial charge < -0.3 is 19.6 Å². The first-order valence-electron chi connectivity index (χ1n) is 10.9. The number of aromatic nitrogens is 2. The van der Waals surface area contributed by atoms with Crippen molar-refractivity contribution in [1.82, 2.24) is 9.55 Å². The largest absolute Gasteiger partial charge is 0.440 e. The molecule has 1 aliphatic heterocycles. The summed E-state index contributed by atoms with van der Waals surface area (Å²) in [6.45, 7) is 5.38. The number of hydrogen-bond donors (Lipinski definition) is 1. The van der Waals surface area contributed by atoms with E-state index in [-0.39, 0.29) is 17.0 Å². The molecule has 164 valence electrons. The van der Waals surface area contributed by atoms with E-state index in [1.165, 1.54) is 4.57 Å². The van der Waals surface area contributed by atoms with Gasteiger partial charge in [-0.1, -0.05) is 18.2 Å². The first-order chi connectivity index (χ1) is 15.3. The molecule has 0 spiro atoms. The number of benzene rings is 2. The maximum absolute atomic E-state index is 13.0. The van der Waals surface area contributed by atoms with Crippen molar-refractivity contribution < 1.29 is 9.21 Å². The topological polar surface area (TPSA) is 94.4 Å². The second-order valence-corrected chi connectivity index (χ2v) is 8.76. The second-order valence-electron chi connectivity index (χ2n) is 8.76. The summed E-state index contributed by atoms with van der Waals surface area (Å²) in [5.74, 6) is 0.250. The predicted molar refractivity (Wildman–Crippen MR) is 125 cm³/mol. The zero-order valence-electron chi connectivity index (χ0n) is 18.5. The number of rotatable bonds is 3. The molecular weight excluding hydrogens is 404 g/mol. The van der Waals surface area contributed by atoms with Crippen LogP contribution in [0.3, 0.4) is 0 Å². The summed E-state index contributed by atoms with van der Waals surface area (Å²) in [6, 6.07) is 12.0. The number of anilines is 1. The second kappa shape index (κ2) is 7.51. The Morgan fingerprint density at radius 3 is 2.50 bits per heavy atom. The van der Waals surface area contributed by atoms with Gasteiger partial charge in [-0.15, -0.1) is 0 Å². The summed E-state index contributed by atoms with van der Waals surface area (Å²) in [5, 5.41) is 0.863. The van der Waals surface area contributed by atoms with Gasteiger partial charge in [-0.2, -0.15) is 0 Å². The van der Waals surface area contributed by atoms with Crippen molar-refractivity contribution in [2.75, 3.05) is 18.0 Å². The third-order valence-electron chi connectivity index (χ3n) is 6.49. The maximum atomic E-state index is 13.0. The average Bonchev–Trinajstić information content (AvgIpc) is 3.19. The number of nitrogens with zero attached hydrogens (tertiary/aromatic N) is 3. The van der Waals surface area contributed by atoms with Crippen LogP contribution in [0.4, 0.5) is 5.69 Å². The SMILES string of the molecule is Cc1ccc2oc(C3CCN(c4c(C(N)=O)c(=O)n(C)c5cc(C)ccc45)CC3)nc2c1. The lowest BCUT2D eigenvalue weighted by Crippen LogP contribution is -2.38. The van der Waals surface area contributed by atoms with Crippen molar-refractivity contribution in [2.45, 2.75) is 32.6 Å². The number of carbonyl (C=O) groups excluding carboxylic acids is 1. The van der Waals surface area contributed by atoms with Crippen molar-refractivity contribution in [3.8, 4) is 0 Å². The highest BCUT2D eigenvalue weighted by molar-refractivity contribution is 6.07. The van der Waals surface area contributed by atoms with Gasteiger partial charge in [0.15, 0.2) is 11.5 Å². The average molecular weight is 431 g/mol. The number of oxazole rings is 1. The molecule has 1 saturated heterocycles. The van der Waals surface area contributed by atoms with Gasteiger partial charge in [-0.25, -0.2) is 4.98 Å². The van der Waals surface area contributed by atoms with Crippen molar-refractivity contribution in [1.29, 1.82) is 0 Å². The number of fused-ring (bicyclic) bond motifs is 2. The smallest absolute Gasteiger partial charge is 0.265 e. The molecule has 0 bridgehead atoms. The van der Waals surface area contributed by atoms with Gasteiger partial charge in [-0.05, 0) is 56.0 Å². The molecule has 1 amide bonds. The molecule has 7 nitrogen and oxygen atoms in total. The van der Waals surface area contributed by atoms with E-state index in [0.717, 1.165) is 51.9 Å². The molecule has 0 unspecified atom stereocenters. The van der Waals surface area contributed by atoms with E-state index < -0.39 is 5.91 Å². The monoisotopic (exact) mass is 430 g/mol. The van der Waals surface area contributed by atoms with Gasteiger partial charge in [0.1, 0.15) is 11.1 Å². The molecular formula is C25H26N4O3. The van der Waals surface area contributed by atoms with Crippen LogP contribution < -0.4 is 16.2 Å². The number of nitrogens with two attached hydrogens (primary N) is 1. The predicted octanol–water partition coefficient (Wildman–Crippen LogP) is 3.78. The molecule has 0 radical (unpaired) electrons. The fourth-order valence-electron chi connectivity index (χ4n) is 4.76. The van der Waals surface area contributed by atoms with E-state index in [1.807, 2.05) is 50.2 Å². The molecule has 7 heteroatoms. The van der Waals surface area contributed by atoms with Crippen LogP contribution in [0, 0.1) is 13.8 Å². The van der Waals surface area contributed by atoms with E-state index in [2.05, 4.69) is 4.90 Å². The Morgan fingerprint density at radius 2 is 1.78 bits per heavy atom. The lowest BCUT2D eigenvalue weighted by Gasteiger charge is -2.34. The van der Waals surface area contributed by atoms with Crippen LogP contribution in [0.5, 0.6) is 0 Å². The van der Waals surface area contributed by atoms with E-state index >= 15 is 0 Å². The quantitative estimate of drug-likeness (QED) is 0.534. The van der Waals surface area contributed by atoms with Crippen LogP contribution in [0.1, 0.15) is 46.1 Å².